The van der Waals surface area contributed by atoms with Gasteiger partial charge in [-0.25, -0.2) is 0 Å². The predicted octanol–water partition coefficient (Wildman–Crippen LogP) is 3.75. The highest BCUT2D eigenvalue weighted by atomic mass is 16.5. The zero-order valence-electron chi connectivity index (χ0n) is 11.7. The molecule has 0 rings (SSSR count). The van der Waals surface area contributed by atoms with E-state index in [0.29, 0.717) is 12.1 Å². The molecule has 2 heteroatoms. The Morgan fingerprint density at radius 3 is 2.25 bits per heavy atom. The molecule has 2 unspecified atom stereocenters. The third-order valence-corrected chi connectivity index (χ3v) is 3.08. The summed E-state index contributed by atoms with van der Waals surface area (Å²) in [5.74, 6) is 0. The highest BCUT2D eigenvalue weighted by Crippen LogP contribution is 2.07. The van der Waals surface area contributed by atoms with Crippen molar-refractivity contribution >= 4 is 0 Å². The molecule has 0 aromatic heterocycles. The number of hydrogen-bond donors (Lipinski definition) is 1. The molecule has 0 amide bonds. The van der Waals surface area contributed by atoms with E-state index in [0.717, 1.165) is 13.0 Å². The average Bonchev–Trinajstić information content (AvgIpc) is 2.27. The maximum atomic E-state index is 5.78. The Balaban J connectivity index is 3.18. The van der Waals surface area contributed by atoms with E-state index in [4.69, 9.17) is 4.74 Å². The van der Waals surface area contributed by atoms with Crippen LogP contribution in [0, 0.1) is 0 Å². The number of nitrogens with one attached hydrogen (secondary N) is 1. The molecule has 1 N–H and O–H groups in total. The van der Waals surface area contributed by atoms with Gasteiger partial charge in [-0.2, -0.15) is 0 Å². The van der Waals surface area contributed by atoms with Crippen molar-refractivity contribution in [3.63, 3.8) is 0 Å². The monoisotopic (exact) mass is 229 g/mol. The molecule has 2 atom stereocenters. The molecule has 98 valence electrons. The molecule has 0 heterocycles. The topological polar surface area (TPSA) is 21.3 Å². The van der Waals surface area contributed by atoms with Crippen molar-refractivity contribution in [1.82, 2.24) is 5.32 Å². The van der Waals surface area contributed by atoms with Gasteiger partial charge in [-0.1, -0.05) is 39.0 Å². The van der Waals surface area contributed by atoms with E-state index in [-0.39, 0.29) is 0 Å². The summed E-state index contributed by atoms with van der Waals surface area (Å²) in [6.07, 6.45) is 9.52. The normalized spacial score (nSPS) is 15.0. The van der Waals surface area contributed by atoms with E-state index in [1.165, 1.54) is 38.5 Å². The molecule has 0 aromatic carbocycles. The van der Waals surface area contributed by atoms with Crippen LogP contribution in [0.4, 0.5) is 0 Å². The number of rotatable bonds is 11. The summed E-state index contributed by atoms with van der Waals surface area (Å²) in [5.41, 5.74) is 0. The third kappa shape index (κ3) is 10.4. The van der Waals surface area contributed by atoms with Crippen molar-refractivity contribution in [2.24, 2.45) is 0 Å². The van der Waals surface area contributed by atoms with Crippen molar-refractivity contribution in [3.05, 3.63) is 0 Å². The molecule has 2 nitrogen and oxygen atoms in total. The lowest BCUT2D eigenvalue weighted by Crippen LogP contribution is -2.26. The molecule has 0 saturated carbocycles. The van der Waals surface area contributed by atoms with E-state index in [1.807, 2.05) is 7.05 Å². The Morgan fingerprint density at radius 1 is 1.00 bits per heavy atom. The van der Waals surface area contributed by atoms with Gasteiger partial charge in [-0.05, 0) is 33.7 Å². The molecule has 0 aliphatic rings. The number of ether oxygens (including phenoxy) is 1. The highest BCUT2D eigenvalue weighted by Gasteiger charge is 2.06. The SMILES string of the molecule is CCCCCCCCOC(C)CC(C)NC. The third-order valence-electron chi connectivity index (χ3n) is 3.08. The lowest BCUT2D eigenvalue weighted by Gasteiger charge is -2.17. The molecular formula is C14H31NO. The first-order valence-corrected chi connectivity index (χ1v) is 6.99. The summed E-state index contributed by atoms with van der Waals surface area (Å²) in [7, 11) is 2.01. The summed E-state index contributed by atoms with van der Waals surface area (Å²) in [6, 6.07) is 0.555. The van der Waals surface area contributed by atoms with Crippen molar-refractivity contribution in [2.75, 3.05) is 13.7 Å². The first-order chi connectivity index (χ1) is 7.70. The Morgan fingerprint density at radius 2 is 1.62 bits per heavy atom. The summed E-state index contributed by atoms with van der Waals surface area (Å²) in [6.45, 7) is 7.56. The molecule has 0 aliphatic carbocycles. The second-order valence-electron chi connectivity index (χ2n) is 4.87. The fraction of sp³-hybridized carbons (Fsp3) is 1.00. The molecule has 0 aliphatic heterocycles. The van der Waals surface area contributed by atoms with Gasteiger partial charge in [0.05, 0.1) is 6.10 Å². The van der Waals surface area contributed by atoms with Crippen LogP contribution >= 0.6 is 0 Å². The van der Waals surface area contributed by atoms with Crippen molar-refractivity contribution in [1.29, 1.82) is 0 Å². The van der Waals surface area contributed by atoms with Crippen LogP contribution in [0.3, 0.4) is 0 Å². The van der Waals surface area contributed by atoms with Gasteiger partial charge >= 0.3 is 0 Å². The van der Waals surface area contributed by atoms with Crippen molar-refractivity contribution < 1.29 is 4.74 Å². The minimum Gasteiger partial charge on any atom is -0.378 e. The van der Waals surface area contributed by atoms with Crippen molar-refractivity contribution in [2.45, 2.75) is 77.9 Å². The quantitative estimate of drug-likeness (QED) is 0.545. The van der Waals surface area contributed by atoms with Gasteiger partial charge in [0.25, 0.3) is 0 Å². The van der Waals surface area contributed by atoms with E-state index in [2.05, 4.69) is 26.1 Å². The second-order valence-corrected chi connectivity index (χ2v) is 4.87. The first kappa shape index (κ1) is 15.9. The first-order valence-electron chi connectivity index (χ1n) is 6.99. The summed E-state index contributed by atoms with van der Waals surface area (Å²) in [4.78, 5) is 0. The van der Waals surface area contributed by atoms with E-state index >= 15 is 0 Å². The van der Waals surface area contributed by atoms with Gasteiger partial charge in [0.2, 0.25) is 0 Å². The van der Waals surface area contributed by atoms with Crippen LogP contribution < -0.4 is 5.32 Å². The molecule has 0 radical (unpaired) electrons. The smallest absolute Gasteiger partial charge is 0.0561 e. The fourth-order valence-corrected chi connectivity index (χ4v) is 1.85. The van der Waals surface area contributed by atoms with Crippen LogP contribution in [0.5, 0.6) is 0 Å². The predicted molar refractivity (Wildman–Crippen MR) is 71.9 cm³/mol. The van der Waals surface area contributed by atoms with Gasteiger partial charge in [-0.3, -0.25) is 0 Å². The summed E-state index contributed by atoms with van der Waals surface area (Å²) >= 11 is 0. The van der Waals surface area contributed by atoms with E-state index < -0.39 is 0 Å². The summed E-state index contributed by atoms with van der Waals surface area (Å²) in [5, 5.41) is 3.24. The lowest BCUT2D eigenvalue weighted by molar-refractivity contribution is 0.0521. The Kier molecular flexibility index (Phi) is 11.3. The van der Waals surface area contributed by atoms with Gasteiger partial charge in [0, 0.05) is 12.6 Å². The largest absolute Gasteiger partial charge is 0.378 e. The highest BCUT2D eigenvalue weighted by molar-refractivity contribution is 4.62. The fourth-order valence-electron chi connectivity index (χ4n) is 1.85. The van der Waals surface area contributed by atoms with Crippen LogP contribution in [-0.2, 0) is 4.74 Å². The van der Waals surface area contributed by atoms with Crippen LogP contribution in [-0.4, -0.2) is 25.8 Å². The van der Waals surface area contributed by atoms with Crippen LogP contribution in [0.2, 0.25) is 0 Å². The van der Waals surface area contributed by atoms with Crippen LogP contribution in [0.15, 0.2) is 0 Å². The molecule has 16 heavy (non-hydrogen) atoms. The standard InChI is InChI=1S/C14H31NO/c1-5-6-7-8-9-10-11-16-14(3)12-13(2)15-4/h13-15H,5-12H2,1-4H3. The van der Waals surface area contributed by atoms with E-state index in [9.17, 15) is 0 Å². The molecule has 0 spiro atoms. The molecule has 0 fully saturated rings. The lowest BCUT2D eigenvalue weighted by atomic mass is 10.1. The molecule has 0 saturated heterocycles. The Hall–Kier alpha value is -0.0800. The van der Waals surface area contributed by atoms with Crippen molar-refractivity contribution in [3.8, 4) is 0 Å². The Bertz CT molecular complexity index is 139. The van der Waals surface area contributed by atoms with E-state index in [1.54, 1.807) is 0 Å². The van der Waals surface area contributed by atoms with Gasteiger partial charge in [-0.15, -0.1) is 0 Å². The van der Waals surface area contributed by atoms with Crippen LogP contribution in [0.1, 0.15) is 65.7 Å². The average molecular weight is 229 g/mol. The molecule has 0 aromatic rings. The van der Waals surface area contributed by atoms with Gasteiger partial charge < -0.3 is 10.1 Å². The molecule has 0 bridgehead atoms. The maximum Gasteiger partial charge on any atom is 0.0561 e. The summed E-state index contributed by atoms with van der Waals surface area (Å²) < 4.78 is 5.78. The van der Waals surface area contributed by atoms with Gasteiger partial charge in [0.15, 0.2) is 0 Å². The second kappa shape index (κ2) is 11.4. The number of unbranched alkanes of at least 4 members (excludes halogenated alkanes) is 5. The minimum atomic E-state index is 0.387. The zero-order chi connectivity index (χ0) is 12.2. The Labute approximate surface area is 102 Å². The maximum absolute atomic E-state index is 5.78. The van der Waals surface area contributed by atoms with Crippen LogP contribution in [0.25, 0.3) is 0 Å². The zero-order valence-corrected chi connectivity index (χ0v) is 11.7. The minimum absolute atomic E-state index is 0.387. The number of hydrogen-bond acceptors (Lipinski definition) is 2. The van der Waals surface area contributed by atoms with Gasteiger partial charge in [0.1, 0.15) is 0 Å². The molecular weight excluding hydrogens is 198 g/mol.